The predicted octanol–water partition coefficient (Wildman–Crippen LogP) is 1.68. The number of allylic oxidation sites excluding steroid dienone is 1. The van der Waals surface area contributed by atoms with Crippen LogP contribution >= 0.6 is 0 Å². The summed E-state index contributed by atoms with van der Waals surface area (Å²) >= 11 is 0. The summed E-state index contributed by atoms with van der Waals surface area (Å²) in [7, 11) is 4.20. The second kappa shape index (κ2) is 7.06. The van der Waals surface area contributed by atoms with Crippen molar-refractivity contribution in [1.82, 2.24) is 18.9 Å². The Morgan fingerprint density at radius 3 is 1.93 bits per heavy atom. The lowest BCUT2D eigenvalue weighted by Gasteiger charge is -2.48. The SMILES string of the molecule is Cc1c(C2N(C)C(=O)N(C)C(=O)C2(C)/C(F)=C(\F)C(F)(F)F)n(C)c(=O)n(C)c1=O. The third-order valence-corrected chi connectivity index (χ3v) is 5.37. The predicted molar refractivity (Wildman–Crippen MR) is 93.7 cm³/mol. The minimum atomic E-state index is -5.75. The van der Waals surface area contributed by atoms with Crippen molar-refractivity contribution in [3.63, 3.8) is 0 Å². The number of carbonyl (C=O) groups is 2. The van der Waals surface area contributed by atoms with Crippen molar-refractivity contribution in [1.29, 1.82) is 0 Å². The maximum atomic E-state index is 15.0. The zero-order chi connectivity index (χ0) is 23.5. The number of amides is 3. The average Bonchev–Trinajstić information content (AvgIpc) is 2.68. The number of aromatic nitrogens is 2. The smallest absolute Gasteiger partial charge is 0.317 e. The summed E-state index contributed by atoms with van der Waals surface area (Å²) in [6.07, 6.45) is -5.75. The first-order chi connectivity index (χ1) is 13.5. The summed E-state index contributed by atoms with van der Waals surface area (Å²) in [6, 6.07) is -2.97. The Balaban J connectivity index is 3.04. The van der Waals surface area contributed by atoms with E-state index in [1.807, 2.05) is 0 Å². The fourth-order valence-electron chi connectivity index (χ4n) is 3.73. The van der Waals surface area contributed by atoms with E-state index in [2.05, 4.69) is 0 Å². The lowest BCUT2D eigenvalue weighted by atomic mass is 9.74. The molecule has 0 aliphatic carbocycles. The lowest BCUT2D eigenvalue weighted by molar-refractivity contribution is -0.146. The Labute approximate surface area is 166 Å². The largest absolute Gasteiger partial charge is 0.445 e. The van der Waals surface area contributed by atoms with E-state index in [1.54, 1.807) is 0 Å². The first kappa shape index (κ1) is 23.3. The van der Waals surface area contributed by atoms with E-state index in [9.17, 15) is 41.1 Å². The molecule has 1 aliphatic rings. The van der Waals surface area contributed by atoms with E-state index in [1.165, 1.54) is 6.92 Å². The van der Waals surface area contributed by atoms with Gasteiger partial charge in [0.2, 0.25) is 11.7 Å². The van der Waals surface area contributed by atoms with Crippen molar-refractivity contribution in [2.45, 2.75) is 26.1 Å². The number of imide groups is 1. The van der Waals surface area contributed by atoms with Crippen LogP contribution in [0.5, 0.6) is 0 Å². The third-order valence-electron chi connectivity index (χ3n) is 5.37. The highest BCUT2D eigenvalue weighted by Gasteiger charge is 2.60. The van der Waals surface area contributed by atoms with Crippen LogP contribution in [-0.2, 0) is 18.9 Å². The number of alkyl halides is 3. The topological polar surface area (TPSA) is 84.6 Å². The summed E-state index contributed by atoms with van der Waals surface area (Å²) in [5, 5.41) is 0. The van der Waals surface area contributed by atoms with Crippen LogP contribution in [0.3, 0.4) is 0 Å². The van der Waals surface area contributed by atoms with Gasteiger partial charge in [-0.05, 0) is 13.8 Å². The van der Waals surface area contributed by atoms with Crippen LogP contribution in [0.1, 0.15) is 24.2 Å². The van der Waals surface area contributed by atoms with Gasteiger partial charge in [0.25, 0.3) is 5.56 Å². The Morgan fingerprint density at radius 1 is 0.967 bits per heavy atom. The fourth-order valence-corrected chi connectivity index (χ4v) is 3.73. The monoisotopic (exact) mass is 438 g/mol. The summed E-state index contributed by atoms with van der Waals surface area (Å²) in [4.78, 5) is 51.1. The summed E-state index contributed by atoms with van der Waals surface area (Å²) in [5.74, 6) is -7.09. The zero-order valence-electron chi connectivity index (χ0n) is 16.9. The maximum Gasteiger partial charge on any atom is 0.445 e. The second-order valence-electron chi connectivity index (χ2n) is 7.20. The third kappa shape index (κ3) is 3.03. The van der Waals surface area contributed by atoms with Crippen molar-refractivity contribution in [3.8, 4) is 0 Å². The molecule has 1 aromatic rings. The highest BCUT2D eigenvalue weighted by atomic mass is 19.4. The molecule has 8 nitrogen and oxygen atoms in total. The maximum absolute atomic E-state index is 15.0. The van der Waals surface area contributed by atoms with Gasteiger partial charge in [0.1, 0.15) is 5.41 Å². The minimum Gasteiger partial charge on any atom is -0.317 e. The van der Waals surface area contributed by atoms with Crippen molar-refractivity contribution in [2.75, 3.05) is 14.1 Å². The Morgan fingerprint density at radius 2 is 1.47 bits per heavy atom. The van der Waals surface area contributed by atoms with Crippen LogP contribution < -0.4 is 11.2 Å². The zero-order valence-corrected chi connectivity index (χ0v) is 16.9. The van der Waals surface area contributed by atoms with Crippen molar-refractivity contribution < 1.29 is 31.5 Å². The molecular formula is C17H19F5N4O4. The molecule has 3 amide bonds. The highest BCUT2D eigenvalue weighted by molar-refractivity contribution is 6.01. The van der Waals surface area contributed by atoms with Crippen LogP contribution in [0, 0.1) is 12.3 Å². The van der Waals surface area contributed by atoms with Gasteiger partial charge < -0.3 is 4.90 Å². The van der Waals surface area contributed by atoms with Crippen LogP contribution in [0.15, 0.2) is 21.2 Å². The molecule has 2 rings (SSSR count). The van der Waals surface area contributed by atoms with Crippen molar-refractivity contribution in [3.05, 3.63) is 43.7 Å². The lowest BCUT2D eigenvalue weighted by Crippen LogP contribution is -2.61. The Kier molecular flexibility index (Phi) is 5.48. The molecule has 0 bridgehead atoms. The van der Waals surface area contributed by atoms with Gasteiger partial charge in [-0.3, -0.25) is 23.6 Å². The summed E-state index contributed by atoms with van der Waals surface area (Å²) in [6.45, 7) is 1.88. The Bertz CT molecular complexity index is 1050. The van der Waals surface area contributed by atoms with Crippen LogP contribution in [0.4, 0.5) is 26.7 Å². The number of urea groups is 1. The average molecular weight is 438 g/mol. The van der Waals surface area contributed by atoms with Crippen LogP contribution in [0.25, 0.3) is 0 Å². The molecule has 1 fully saturated rings. The van der Waals surface area contributed by atoms with Crippen molar-refractivity contribution in [2.24, 2.45) is 19.5 Å². The molecule has 2 unspecified atom stereocenters. The molecule has 166 valence electrons. The molecule has 0 N–H and O–H groups in total. The highest BCUT2D eigenvalue weighted by Crippen LogP contribution is 2.51. The van der Waals surface area contributed by atoms with Crippen LogP contribution in [0.2, 0.25) is 0 Å². The van der Waals surface area contributed by atoms with Gasteiger partial charge in [-0.15, -0.1) is 0 Å². The molecule has 0 spiro atoms. The van der Waals surface area contributed by atoms with Gasteiger partial charge in [-0.25, -0.2) is 14.0 Å². The number of nitrogens with zero attached hydrogens (tertiary/aromatic N) is 4. The molecular weight excluding hydrogens is 419 g/mol. The number of carbonyl (C=O) groups excluding carboxylic acids is 2. The van der Waals surface area contributed by atoms with Crippen LogP contribution in [-0.4, -0.2) is 51.1 Å². The molecule has 0 aromatic carbocycles. The molecule has 1 aliphatic heterocycles. The molecule has 1 saturated heterocycles. The van der Waals surface area contributed by atoms with E-state index in [0.717, 1.165) is 32.8 Å². The van der Waals surface area contributed by atoms with Gasteiger partial charge in [0, 0.05) is 33.8 Å². The van der Waals surface area contributed by atoms with E-state index in [0.29, 0.717) is 21.3 Å². The number of rotatable bonds is 2. The quantitative estimate of drug-likeness (QED) is 0.658. The molecule has 2 atom stereocenters. The van der Waals surface area contributed by atoms with Gasteiger partial charge in [0.05, 0.1) is 11.7 Å². The molecule has 2 heterocycles. The number of halogens is 5. The summed E-state index contributed by atoms with van der Waals surface area (Å²) in [5.41, 5.74) is -5.35. The Hall–Kier alpha value is -2.99. The van der Waals surface area contributed by atoms with Gasteiger partial charge in [0.15, 0.2) is 5.83 Å². The normalized spacial score (nSPS) is 23.8. The van der Waals surface area contributed by atoms with Gasteiger partial charge in [-0.1, -0.05) is 0 Å². The molecule has 0 saturated carbocycles. The number of hydrogen-bond donors (Lipinski definition) is 0. The fraction of sp³-hybridized carbons (Fsp3) is 0.529. The molecule has 13 heteroatoms. The van der Waals surface area contributed by atoms with E-state index in [4.69, 9.17) is 0 Å². The number of hydrogen-bond acceptors (Lipinski definition) is 4. The summed E-state index contributed by atoms with van der Waals surface area (Å²) < 4.78 is 69.1. The second-order valence-corrected chi connectivity index (χ2v) is 7.20. The van der Waals surface area contributed by atoms with Gasteiger partial charge in [-0.2, -0.15) is 17.6 Å². The molecule has 1 aromatic heterocycles. The standard InChI is InChI=1S/C17H19F5N4O4/c1-7-8(23(3)14(29)25(5)12(7)27)11-16(2,9(18)10(19)17(20,21)22)13(28)26(6)15(30)24(11)4/h11H,1-6H3/b10-9+. The van der Waals surface area contributed by atoms with E-state index >= 15 is 0 Å². The molecule has 0 radical (unpaired) electrons. The molecule has 30 heavy (non-hydrogen) atoms. The minimum absolute atomic E-state index is 0.229. The first-order valence-corrected chi connectivity index (χ1v) is 8.45. The van der Waals surface area contributed by atoms with Crippen molar-refractivity contribution >= 4 is 11.9 Å². The first-order valence-electron chi connectivity index (χ1n) is 8.45. The van der Waals surface area contributed by atoms with E-state index < -0.39 is 58.2 Å². The van der Waals surface area contributed by atoms with Gasteiger partial charge >= 0.3 is 17.9 Å². The van der Waals surface area contributed by atoms with E-state index in [-0.39, 0.29) is 5.56 Å².